The van der Waals surface area contributed by atoms with Gasteiger partial charge in [-0.1, -0.05) is 60.7 Å². The predicted octanol–water partition coefficient (Wildman–Crippen LogP) is 7.02. The van der Waals surface area contributed by atoms with Crippen molar-refractivity contribution >= 4 is 45.4 Å². The maximum Gasteiger partial charge on any atom is 0.264 e. The van der Waals surface area contributed by atoms with Crippen LogP contribution in [-0.4, -0.2) is 17.7 Å². The molecule has 1 heterocycles. The molecule has 4 aromatic rings. The van der Waals surface area contributed by atoms with Gasteiger partial charge in [-0.25, -0.2) is 4.99 Å². The van der Waals surface area contributed by atoms with Crippen molar-refractivity contribution < 1.29 is 14.3 Å². The molecule has 1 N–H and O–H groups in total. The van der Waals surface area contributed by atoms with Gasteiger partial charge in [0.1, 0.15) is 6.61 Å². The first kappa shape index (κ1) is 23.7. The molecule has 5 nitrogen and oxygen atoms in total. The van der Waals surface area contributed by atoms with Gasteiger partial charge in [0, 0.05) is 0 Å². The number of aryl methyl sites for hydroxylation is 1. The molecule has 0 unspecified atom stereocenters. The summed E-state index contributed by atoms with van der Waals surface area (Å²) < 4.78 is 12.0. The van der Waals surface area contributed by atoms with Crippen molar-refractivity contribution in [2.75, 3.05) is 6.61 Å². The minimum Gasteiger partial charge on any atom is -0.490 e. The van der Waals surface area contributed by atoms with E-state index in [0.29, 0.717) is 34.8 Å². The number of fused-ring (bicyclic) bond motifs is 1. The standard InChI is InChI=1S/C30H26N2O3S/c1-3-34-27-17-21(18-28-29(33)32-30(36-28)31-24-12-6-8-20(2)16-24)14-15-26(27)35-19-23-11-7-10-22-9-4-5-13-25(22)23/h4-18H,3,19H2,1-2H3,(H,31,32,33)/b28-18-. The molecule has 1 aliphatic rings. The molecule has 1 fully saturated rings. The number of carbonyl (C=O) groups excluding carboxylic acids is 1. The van der Waals surface area contributed by atoms with Crippen LogP contribution >= 0.6 is 11.8 Å². The Kier molecular flexibility index (Phi) is 7.05. The Morgan fingerprint density at radius 2 is 1.75 bits per heavy atom. The minimum atomic E-state index is -0.166. The lowest BCUT2D eigenvalue weighted by atomic mass is 10.1. The molecule has 0 aliphatic carbocycles. The van der Waals surface area contributed by atoms with Crippen molar-refractivity contribution in [1.82, 2.24) is 5.32 Å². The molecule has 1 aliphatic heterocycles. The zero-order chi connectivity index (χ0) is 24.9. The molecule has 5 rings (SSSR count). The van der Waals surface area contributed by atoms with E-state index in [1.165, 1.54) is 22.5 Å². The number of carbonyl (C=O) groups is 1. The van der Waals surface area contributed by atoms with Gasteiger partial charge in [0.15, 0.2) is 16.7 Å². The van der Waals surface area contributed by atoms with Crippen LogP contribution in [0.4, 0.5) is 5.69 Å². The van der Waals surface area contributed by atoms with Crippen molar-refractivity contribution in [3.8, 4) is 11.5 Å². The van der Waals surface area contributed by atoms with Gasteiger partial charge in [-0.15, -0.1) is 0 Å². The van der Waals surface area contributed by atoms with E-state index in [9.17, 15) is 4.79 Å². The zero-order valence-corrected chi connectivity index (χ0v) is 21.0. The molecule has 0 atom stereocenters. The Balaban J connectivity index is 1.35. The molecular weight excluding hydrogens is 468 g/mol. The van der Waals surface area contributed by atoms with Gasteiger partial charge in [-0.05, 0) is 83.4 Å². The molecule has 180 valence electrons. The van der Waals surface area contributed by atoms with Crippen LogP contribution in [0.3, 0.4) is 0 Å². The number of aliphatic imine (C=N–C) groups is 1. The lowest BCUT2D eigenvalue weighted by Gasteiger charge is -2.14. The Labute approximate surface area is 214 Å². The topological polar surface area (TPSA) is 59.9 Å². The van der Waals surface area contributed by atoms with Crippen LogP contribution in [0, 0.1) is 6.92 Å². The summed E-state index contributed by atoms with van der Waals surface area (Å²) in [6.45, 7) is 4.89. The maximum atomic E-state index is 12.6. The molecule has 4 aromatic carbocycles. The zero-order valence-electron chi connectivity index (χ0n) is 20.2. The number of thioether (sulfide) groups is 1. The number of hydrogen-bond acceptors (Lipinski definition) is 5. The largest absolute Gasteiger partial charge is 0.490 e. The summed E-state index contributed by atoms with van der Waals surface area (Å²) >= 11 is 1.32. The van der Waals surface area contributed by atoms with Crippen molar-refractivity contribution in [3.63, 3.8) is 0 Å². The second-order valence-electron chi connectivity index (χ2n) is 8.39. The summed E-state index contributed by atoms with van der Waals surface area (Å²) in [6.07, 6.45) is 1.84. The quantitative estimate of drug-likeness (QED) is 0.281. The van der Waals surface area contributed by atoms with E-state index >= 15 is 0 Å². The highest BCUT2D eigenvalue weighted by atomic mass is 32.2. The number of nitrogens with zero attached hydrogens (tertiary/aromatic N) is 1. The van der Waals surface area contributed by atoms with Crippen LogP contribution in [0.15, 0.2) is 94.8 Å². The lowest BCUT2D eigenvalue weighted by molar-refractivity contribution is -0.115. The first-order valence-corrected chi connectivity index (χ1v) is 12.6. The molecule has 1 saturated heterocycles. The smallest absolute Gasteiger partial charge is 0.264 e. The highest BCUT2D eigenvalue weighted by Crippen LogP contribution is 2.33. The summed E-state index contributed by atoms with van der Waals surface area (Å²) in [4.78, 5) is 17.7. The van der Waals surface area contributed by atoms with Gasteiger partial charge in [0.05, 0.1) is 17.2 Å². The fraction of sp³-hybridized carbons (Fsp3) is 0.133. The average Bonchev–Trinajstić information content (AvgIpc) is 3.21. The Bertz CT molecular complexity index is 1490. The van der Waals surface area contributed by atoms with Crippen molar-refractivity contribution in [1.29, 1.82) is 0 Å². The fourth-order valence-electron chi connectivity index (χ4n) is 4.02. The van der Waals surface area contributed by atoms with Gasteiger partial charge >= 0.3 is 0 Å². The minimum absolute atomic E-state index is 0.166. The molecule has 36 heavy (non-hydrogen) atoms. The third-order valence-corrected chi connectivity index (χ3v) is 6.62. The van der Waals surface area contributed by atoms with Crippen molar-refractivity contribution in [2.24, 2.45) is 4.99 Å². The third-order valence-electron chi connectivity index (χ3n) is 5.71. The first-order chi connectivity index (χ1) is 17.6. The molecule has 6 heteroatoms. The summed E-state index contributed by atoms with van der Waals surface area (Å²) in [5.41, 5.74) is 3.89. The van der Waals surface area contributed by atoms with Crippen LogP contribution in [0.5, 0.6) is 11.5 Å². The van der Waals surface area contributed by atoms with Gasteiger partial charge < -0.3 is 14.8 Å². The molecule has 0 saturated carbocycles. The third kappa shape index (κ3) is 5.44. The van der Waals surface area contributed by atoms with E-state index in [1.807, 2.05) is 80.6 Å². The van der Waals surface area contributed by atoms with E-state index < -0.39 is 0 Å². The average molecular weight is 495 g/mol. The van der Waals surface area contributed by atoms with Gasteiger partial charge in [-0.2, -0.15) is 0 Å². The number of amides is 1. The molecular formula is C30H26N2O3S. The van der Waals surface area contributed by atoms with Crippen molar-refractivity contribution in [2.45, 2.75) is 20.5 Å². The second-order valence-corrected chi connectivity index (χ2v) is 9.42. The van der Waals surface area contributed by atoms with E-state index in [0.717, 1.165) is 22.4 Å². The highest BCUT2D eigenvalue weighted by Gasteiger charge is 2.24. The van der Waals surface area contributed by atoms with Crippen LogP contribution in [0.25, 0.3) is 16.8 Å². The van der Waals surface area contributed by atoms with E-state index in [2.05, 4.69) is 34.6 Å². The molecule has 0 bridgehead atoms. The van der Waals surface area contributed by atoms with Crippen LogP contribution < -0.4 is 14.8 Å². The van der Waals surface area contributed by atoms with E-state index in [4.69, 9.17) is 9.47 Å². The number of hydrogen-bond donors (Lipinski definition) is 1. The number of amidine groups is 1. The number of benzene rings is 4. The monoisotopic (exact) mass is 494 g/mol. The second kappa shape index (κ2) is 10.7. The van der Waals surface area contributed by atoms with E-state index in [1.54, 1.807) is 0 Å². The Hall–Kier alpha value is -4.03. The molecule has 0 aromatic heterocycles. The van der Waals surface area contributed by atoms with Gasteiger partial charge in [0.25, 0.3) is 5.91 Å². The first-order valence-electron chi connectivity index (χ1n) is 11.8. The SMILES string of the molecule is CCOc1cc(/C=C2\SC(=Nc3cccc(C)c3)NC2=O)ccc1OCc1cccc2ccccc12. The summed E-state index contributed by atoms with van der Waals surface area (Å²) in [7, 11) is 0. The maximum absolute atomic E-state index is 12.6. The van der Waals surface area contributed by atoms with Gasteiger partial charge in [0.2, 0.25) is 0 Å². The Morgan fingerprint density at radius 1 is 0.917 bits per heavy atom. The normalized spacial score (nSPS) is 15.4. The van der Waals surface area contributed by atoms with Gasteiger partial charge in [-0.3, -0.25) is 4.79 Å². The van der Waals surface area contributed by atoms with Crippen LogP contribution in [-0.2, 0) is 11.4 Å². The molecule has 1 amide bonds. The summed E-state index contributed by atoms with van der Waals surface area (Å²) in [6, 6.07) is 28.1. The predicted molar refractivity (Wildman–Crippen MR) is 148 cm³/mol. The van der Waals surface area contributed by atoms with E-state index in [-0.39, 0.29) is 5.91 Å². The number of ether oxygens (including phenoxy) is 2. The van der Waals surface area contributed by atoms with Crippen LogP contribution in [0.1, 0.15) is 23.6 Å². The fourth-order valence-corrected chi connectivity index (χ4v) is 4.86. The van der Waals surface area contributed by atoms with Crippen LogP contribution in [0.2, 0.25) is 0 Å². The molecule has 0 radical (unpaired) electrons. The number of rotatable bonds is 7. The Morgan fingerprint density at radius 3 is 2.61 bits per heavy atom. The summed E-state index contributed by atoms with van der Waals surface area (Å²) in [5, 5.41) is 5.77. The highest BCUT2D eigenvalue weighted by molar-refractivity contribution is 8.18. The summed E-state index contributed by atoms with van der Waals surface area (Å²) in [5.74, 6) is 1.14. The molecule has 0 spiro atoms. The lowest BCUT2D eigenvalue weighted by Crippen LogP contribution is -2.19. The van der Waals surface area contributed by atoms with Crippen molar-refractivity contribution in [3.05, 3.63) is 107 Å². The number of nitrogens with one attached hydrogen (secondary N) is 1.